The smallest absolute Gasteiger partial charge is 0.255 e. The Labute approximate surface area is 248 Å². The minimum atomic E-state index is -0.175. The van der Waals surface area contributed by atoms with Crippen LogP contribution in [0, 0.1) is 5.92 Å². The molecule has 0 unspecified atom stereocenters. The molecular weight excluding hydrogens is 524 g/mol. The molecule has 0 atom stereocenters. The highest BCUT2D eigenvalue weighted by Crippen LogP contribution is 2.34. The molecule has 0 spiro atoms. The molecule has 42 heavy (non-hydrogen) atoms. The first-order valence-corrected chi connectivity index (χ1v) is 15.2. The van der Waals surface area contributed by atoms with Crippen LogP contribution in [-0.4, -0.2) is 68.5 Å². The number of anilines is 2. The van der Waals surface area contributed by atoms with Gasteiger partial charge < -0.3 is 20.5 Å². The topological polar surface area (TPSA) is 105 Å². The summed E-state index contributed by atoms with van der Waals surface area (Å²) in [7, 11) is 4.34. The van der Waals surface area contributed by atoms with Crippen LogP contribution in [0.3, 0.4) is 0 Å². The van der Waals surface area contributed by atoms with E-state index in [2.05, 4.69) is 62.8 Å². The van der Waals surface area contributed by atoms with Crippen molar-refractivity contribution in [2.45, 2.75) is 64.1 Å². The number of nitrogens with one attached hydrogen (secondary N) is 1. The van der Waals surface area contributed by atoms with Crippen LogP contribution in [0.1, 0.15) is 67.4 Å². The van der Waals surface area contributed by atoms with Crippen molar-refractivity contribution in [3.63, 3.8) is 0 Å². The number of likely N-dealkylation sites (tertiary alicyclic amines) is 1. The molecule has 1 amide bonds. The normalized spacial score (nSPS) is 20.3. The van der Waals surface area contributed by atoms with Crippen LogP contribution in [0.4, 0.5) is 11.5 Å². The minimum absolute atomic E-state index is 0.175. The van der Waals surface area contributed by atoms with E-state index in [9.17, 15) is 4.79 Å². The number of hydrogen-bond acceptors (Lipinski definition) is 7. The number of imidazole rings is 1. The number of nitrogens with zero attached hydrogens (tertiary/aromatic N) is 6. The van der Waals surface area contributed by atoms with Crippen LogP contribution in [0.5, 0.6) is 0 Å². The first kappa shape index (κ1) is 28.3. The van der Waals surface area contributed by atoms with Gasteiger partial charge in [0.2, 0.25) is 0 Å². The Balaban J connectivity index is 1.13. The van der Waals surface area contributed by atoms with E-state index in [0.29, 0.717) is 34.8 Å². The number of fused-ring (bicyclic) bond motifs is 1. The van der Waals surface area contributed by atoms with Gasteiger partial charge in [0.25, 0.3) is 5.91 Å². The van der Waals surface area contributed by atoms with E-state index in [0.717, 1.165) is 55.3 Å². The zero-order valence-electron chi connectivity index (χ0n) is 25.0. The van der Waals surface area contributed by atoms with Gasteiger partial charge in [-0.15, -0.1) is 0 Å². The first-order chi connectivity index (χ1) is 20.3. The molecule has 3 heterocycles. The van der Waals surface area contributed by atoms with E-state index in [1.54, 1.807) is 6.07 Å². The third-order valence-electron chi connectivity index (χ3n) is 9.12. The maximum atomic E-state index is 13.2. The highest BCUT2D eigenvalue weighted by Gasteiger charge is 2.24. The van der Waals surface area contributed by atoms with Gasteiger partial charge >= 0.3 is 0 Å². The van der Waals surface area contributed by atoms with Crippen molar-refractivity contribution in [3.05, 3.63) is 66.0 Å². The Bertz CT molecular complexity index is 1530. The van der Waals surface area contributed by atoms with Crippen molar-refractivity contribution in [1.29, 1.82) is 0 Å². The summed E-state index contributed by atoms with van der Waals surface area (Å²) in [5, 5.41) is 3.04. The van der Waals surface area contributed by atoms with E-state index >= 15 is 0 Å². The van der Waals surface area contributed by atoms with Gasteiger partial charge in [-0.1, -0.05) is 31.2 Å². The van der Waals surface area contributed by atoms with Gasteiger partial charge in [-0.25, -0.2) is 15.0 Å². The number of nitrogens with two attached hydrogens (primary N) is 1. The van der Waals surface area contributed by atoms with Gasteiger partial charge in [-0.3, -0.25) is 9.69 Å². The zero-order chi connectivity index (χ0) is 29.2. The second-order valence-electron chi connectivity index (χ2n) is 12.4. The van der Waals surface area contributed by atoms with Crippen molar-refractivity contribution >= 4 is 28.6 Å². The van der Waals surface area contributed by atoms with Crippen molar-refractivity contribution in [1.82, 2.24) is 29.3 Å². The van der Waals surface area contributed by atoms with Gasteiger partial charge in [-0.2, -0.15) is 0 Å². The number of piperidine rings is 1. The van der Waals surface area contributed by atoms with E-state index in [4.69, 9.17) is 10.7 Å². The Morgan fingerprint density at radius 3 is 2.45 bits per heavy atom. The van der Waals surface area contributed by atoms with Gasteiger partial charge in [0.05, 0.1) is 6.33 Å². The molecule has 0 radical (unpaired) electrons. The van der Waals surface area contributed by atoms with Crippen LogP contribution in [0.15, 0.2) is 54.9 Å². The van der Waals surface area contributed by atoms with Gasteiger partial charge in [0, 0.05) is 35.4 Å². The molecule has 4 aromatic rings. The van der Waals surface area contributed by atoms with Crippen LogP contribution < -0.4 is 11.1 Å². The molecule has 6 rings (SSSR count). The highest BCUT2D eigenvalue weighted by atomic mass is 16.1. The number of benzene rings is 2. The highest BCUT2D eigenvalue weighted by molar-refractivity contribution is 6.05. The van der Waals surface area contributed by atoms with Crippen molar-refractivity contribution in [2.75, 3.05) is 38.2 Å². The second kappa shape index (κ2) is 12.2. The lowest BCUT2D eigenvalue weighted by atomic mass is 9.87. The Morgan fingerprint density at radius 2 is 1.74 bits per heavy atom. The maximum Gasteiger partial charge on any atom is 0.255 e. The number of rotatable bonds is 7. The third-order valence-corrected chi connectivity index (χ3v) is 9.12. The molecule has 9 nitrogen and oxygen atoms in total. The summed E-state index contributed by atoms with van der Waals surface area (Å²) in [4.78, 5) is 32.0. The molecule has 220 valence electrons. The van der Waals surface area contributed by atoms with Crippen LogP contribution in [0.2, 0.25) is 0 Å². The molecular formula is C33H42N8O. The summed E-state index contributed by atoms with van der Waals surface area (Å²) in [5.41, 5.74) is 11.0. The maximum absolute atomic E-state index is 13.2. The third kappa shape index (κ3) is 6.17. The minimum Gasteiger partial charge on any atom is -0.382 e. The predicted octanol–water partition coefficient (Wildman–Crippen LogP) is 5.61. The lowest BCUT2D eigenvalue weighted by molar-refractivity contribution is 0.102. The molecule has 2 fully saturated rings. The van der Waals surface area contributed by atoms with Crippen LogP contribution in [0.25, 0.3) is 22.6 Å². The summed E-state index contributed by atoms with van der Waals surface area (Å²) >= 11 is 0. The fourth-order valence-corrected chi connectivity index (χ4v) is 6.40. The predicted molar refractivity (Wildman–Crippen MR) is 168 cm³/mol. The van der Waals surface area contributed by atoms with E-state index in [-0.39, 0.29) is 5.91 Å². The Morgan fingerprint density at radius 1 is 1.00 bits per heavy atom. The lowest BCUT2D eigenvalue weighted by Crippen LogP contribution is -2.41. The lowest BCUT2D eigenvalue weighted by Gasteiger charge is -2.35. The quantitative estimate of drug-likeness (QED) is 0.300. The van der Waals surface area contributed by atoms with E-state index in [1.165, 1.54) is 31.2 Å². The standard InChI is InChI=1S/C33H42N8O/c1-22-7-13-28(14-8-22)41-21-35-29-30(34)37-31(38-32(29)41)24-5-4-6-25(19-24)33(42)36-26-11-9-23(10-12-26)20-40-17-15-27(16-18-40)39(2)3/h4-6,9-12,19,21-22,27-28H,7-8,13-18,20H2,1-3H3,(H,36,42)(H2,34,37,38). The largest absolute Gasteiger partial charge is 0.382 e. The van der Waals surface area contributed by atoms with E-state index in [1.807, 2.05) is 36.7 Å². The summed E-state index contributed by atoms with van der Waals surface area (Å²) < 4.78 is 2.16. The number of amides is 1. The van der Waals surface area contributed by atoms with Gasteiger partial charge in [0.1, 0.15) is 5.52 Å². The molecule has 0 bridgehead atoms. The summed E-state index contributed by atoms with van der Waals surface area (Å²) in [6.45, 7) is 5.47. The average Bonchev–Trinajstić information content (AvgIpc) is 3.43. The van der Waals surface area contributed by atoms with Crippen molar-refractivity contribution < 1.29 is 4.79 Å². The van der Waals surface area contributed by atoms with Crippen LogP contribution in [-0.2, 0) is 6.54 Å². The van der Waals surface area contributed by atoms with Gasteiger partial charge in [0.15, 0.2) is 17.3 Å². The molecule has 2 aromatic heterocycles. The zero-order valence-corrected chi connectivity index (χ0v) is 25.0. The number of hydrogen-bond donors (Lipinski definition) is 2. The van der Waals surface area contributed by atoms with Crippen LogP contribution >= 0.6 is 0 Å². The summed E-state index contributed by atoms with van der Waals surface area (Å²) in [6, 6.07) is 16.6. The molecule has 1 aliphatic carbocycles. The molecule has 1 saturated heterocycles. The van der Waals surface area contributed by atoms with Crippen molar-refractivity contribution in [3.8, 4) is 11.4 Å². The molecule has 2 aliphatic rings. The second-order valence-corrected chi connectivity index (χ2v) is 12.4. The molecule has 2 aromatic carbocycles. The molecule has 1 aliphatic heterocycles. The average molecular weight is 567 g/mol. The fraction of sp³-hybridized carbons (Fsp3) is 0.455. The molecule has 9 heteroatoms. The molecule has 3 N–H and O–H groups in total. The Hall–Kier alpha value is -3.82. The molecule has 1 saturated carbocycles. The SMILES string of the molecule is CC1CCC(n2cnc3c(N)nc(-c4cccc(C(=O)Nc5ccc(CN6CCC(N(C)C)CC6)cc5)c4)nc32)CC1. The number of carbonyl (C=O) groups is 1. The van der Waals surface area contributed by atoms with Gasteiger partial charge in [-0.05, 0) is 101 Å². The fourth-order valence-electron chi connectivity index (χ4n) is 6.40. The Kier molecular flexibility index (Phi) is 8.22. The van der Waals surface area contributed by atoms with E-state index < -0.39 is 0 Å². The first-order valence-electron chi connectivity index (χ1n) is 15.2. The monoisotopic (exact) mass is 566 g/mol. The number of nitrogen functional groups attached to an aromatic ring is 1. The number of aromatic nitrogens is 4. The summed E-state index contributed by atoms with van der Waals surface area (Å²) in [5.74, 6) is 1.44. The summed E-state index contributed by atoms with van der Waals surface area (Å²) in [6.07, 6.45) is 8.88. The van der Waals surface area contributed by atoms with Crippen molar-refractivity contribution in [2.24, 2.45) is 5.92 Å². The number of carbonyl (C=O) groups excluding carboxylic acids is 1.